The molecule has 0 aliphatic heterocycles. The number of rotatable bonds is 4. The second kappa shape index (κ2) is 6.72. The normalized spacial score (nSPS) is 12.3. The Labute approximate surface area is 155 Å². The summed E-state index contributed by atoms with van der Waals surface area (Å²) >= 11 is 0. The number of halogens is 1. The van der Waals surface area contributed by atoms with Crippen molar-refractivity contribution in [2.75, 3.05) is 7.05 Å². The topological polar surface area (TPSA) is 64.8 Å². The smallest absolute Gasteiger partial charge is 0.257 e. The van der Waals surface area contributed by atoms with E-state index >= 15 is 0 Å². The summed E-state index contributed by atoms with van der Waals surface area (Å²) in [5.41, 5.74) is 3.48. The Balaban J connectivity index is 1.64. The van der Waals surface area contributed by atoms with Gasteiger partial charge in [0.15, 0.2) is 0 Å². The fraction of sp³-hybridized carbons (Fsp3) is 0.143. The molecule has 2 heterocycles. The van der Waals surface area contributed by atoms with E-state index in [1.807, 2.05) is 37.3 Å². The number of amides is 1. The summed E-state index contributed by atoms with van der Waals surface area (Å²) in [7, 11) is 1.75. The molecule has 0 fully saturated rings. The molecule has 4 aromatic rings. The minimum atomic E-state index is -0.361. The Bertz CT molecular complexity index is 1080. The standard InChI is InChI=1S/C21H19FN4O/c1-13(19-11-14-6-3-4-9-18(14)24-19)26(2)21(27)17-12-23-25-20(17)15-7-5-8-16(22)10-15/h3-13,24H,1-2H3,(H,23,25)/t13-/m1/s1. The Morgan fingerprint density at radius 2 is 1.96 bits per heavy atom. The zero-order valence-corrected chi connectivity index (χ0v) is 15.0. The number of aromatic nitrogens is 3. The second-order valence-corrected chi connectivity index (χ2v) is 6.57. The molecule has 0 saturated carbocycles. The first-order chi connectivity index (χ1) is 13.0. The van der Waals surface area contributed by atoms with Gasteiger partial charge in [0, 0.05) is 23.8 Å². The predicted molar refractivity (Wildman–Crippen MR) is 103 cm³/mol. The average Bonchev–Trinajstić information content (AvgIpc) is 3.33. The number of carbonyl (C=O) groups is 1. The fourth-order valence-electron chi connectivity index (χ4n) is 3.21. The molecule has 0 aliphatic carbocycles. The number of carbonyl (C=O) groups excluding carboxylic acids is 1. The molecule has 0 unspecified atom stereocenters. The lowest BCUT2D eigenvalue weighted by atomic mass is 10.1. The number of nitrogens with zero attached hydrogens (tertiary/aromatic N) is 2. The van der Waals surface area contributed by atoms with Gasteiger partial charge in [0.1, 0.15) is 5.82 Å². The van der Waals surface area contributed by atoms with Gasteiger partial charge in [0.25, 0.3) is 5.91 Å². The van der Waals surface area contributed by atoms with Gasteiger partial charge >= 0.3 is 0 Å². The van der Waals surface area contributed by atoms with Crippen LogP contribution in [0.15, 0.2) is 60.8 Å². The summed E-state index contributed by atoms with van der Waals surface area (Å²) in [6, 6.07) is 16.0. The van der Waals surface area contributed by atoms with Gasteiger partial charge in [-0.2, -0.15) is 5.10 Å². The summed E-state index contributed by atoms with van der Waals surface area (Å²) in [6.07, 6.45) is 1.48. The highest BCUT2D eigenvalue weighted by Crippen LogP contribution is 2.27. The fourth-order valence-corrected chi connectivity index (χ4v) is 3.21. The van der Waals surface area contributed by atoms with Crippen molar-refractivity contribution in [3.63, 3.8) is 0 Å². The zero-order valence-electron chi connectivity index (χ0n) is 15.0. The van der Waals surface area contributed by atoms with E-state index in [2.05, 4.69) is 15.2 Å². The molecular weight excluding hydrogens is 343 g/mol. The molecule has 4 rings (SSSR count). The van der Waals surface area contributed by atoms with Gasteiger partial charge in [-0.3, -0.25) is 9.89 Å². The molecule has 6 heteroatoms. The Morgan fingerprint density at radius 3 is 2.74 bits per heavy atom. The lowest BCUT2D eigenvalue weighted by Gasteiger charge is -2.24. The van der Waals surface area contributed by atoms with Crippen molar-refractivity contribution >= 4 is 16.8 Å². The molecule has 2 N–H and O–H groups in total. The first kappa shape index (κ1) is 17.0. The lowest BCUT2D eigenvalue weighted by Crippen LogP contribution is -2.30. The van der Waals surface area contributed by atoms with Crippen molar-refractivity contribution in [1.29, 1.82) is 0 Å². The van der Waals surface area contributed by atoms with Crippen LogP contribution in [-0.4, -0.2) is 33.0 Å². The van der Waals surface area contributed by atoms with Crippen LogP contribution in [-0.2, 0) is 0 Å². The quantitative estimate of drug-likeness (QED) is 0.560. The van der Waals surface area contributed by atoms with E-state index in [1.54, 1.807) is 24.1 Å². The Kier molecular flexibility index (Phi) is 4.24. The highest BCUT2D eigenvalue weighted by molar-refractivity contribution is 5.99. The van der Waals surface area contributed by atoms with Gasteiger partial charge in [0.05, 0.1) is 23.5 Å². The van der Waals surface area contributed by atoms with Crippen molar-refractivity contribution in [2.24, 2.45) is 0 Å². The number of nitrogens with one attached hydrogen (secondary N) is 2. The number of H-pyrrole nitrogens is 2. The second-order valence-electron chi connectivity index (χ2n) is 6.57. The van der Waals surface area contributed by atoms with Crippen molar-refractivity contribution < 1.29 is 9.18 Å². The highest BCUT2D eigenvalue weighted by Gasteiger charge is 2.24. The van der Waals surface area contributed by atoms with E-state index in [0.29, 0.717) is 16.8 Å². The molecule has 27 heavy (non-hydrogen) atoms. The summed E-state index contributed by atoms with van der Waals surface area (Å²) in [4.78, 5) is 18.1. The molecule has 2 aromatic heterocycles. The third-order valence-electron chi connectivity index (χ3n) is 4.89. The first-order valence-electron chi connectivity index (χ1n) is 8.68. The minimum Gasteiger partial charge on any atom is -0.357 e. The van der Waals surface area contributed by atoms with Crippen LogP contribution in [0.2, 0.25) is 0 Å². The summed E-state index contributed by atoms with van der Waals surface area (Å²) in [6.45, 7) is 1.96. The van der Waals surface area contributed by atoms with Gasteiger partial charge in [-0.15, -0.1) is 0 Å². The summed E-state index contributed by atoms with van der Waals surface area (Å²) < 4.78 is 13.6. The molecule has 0 spiro atoms. The molecule has 2 aromatic carbocycles. The monoisotopic (exact) mass is 362 g/mol. The number of para-hydroxylation sites is 1. The van der Waals surface area contributed by atoms with E-state index < -0.39 is 0 Å². The number of hydrogen-bond donors (Lipinski definition) is 2. The van der Waals surface area contributed by atoms with Crippen LogP contribution >= 0.6 is 0 Å². The molecule has 0 saturated heterocycles. The van der Waals surface area contributed by atoms with Gasteiger partial charge in [0.2, 0.25) is 0 Å². The van der Waals surface area contributed by atoms with E-state index in [4.69, 9.17) is 0 Å². The molecule has 5 nitrogen and oxygen atoms in total. The van der Waals surface area contributed by atoms with Gasteiger partial charge < -0.3 is 9.88 Å². The number of fused-ring (bicyclic) bond motifs is 1. The molecule has 0 bridgehead atoms. The highest BCUT2D eigenvalue weighted by atomic mass is 19.1. The third kappa shape index (κ3) is 3.10. The van der Waals surface area contributed by atoms with Crippen LogP contribution in [0.4, 0.5) is 4.39 Å². The summed E-state index contributed by atoms with van der Waals surface area (Å²) in [5, 5.41) is 7.91. The van der Waals surface area contributed by atoms with Gasteiger partial charge in [-0.05, 0) is 36.6 Å². The molecule has 0 radical (unpaired) electrons. The molecule has 1 amide bonds. The largest absolute Gasteiger partial charge is 0.357 e. The molecule has 1 atom stereocenters. The summed E-state index contributed by atoms with van der Waals surface area (Å²) in [5.74, 6) is -0.547. The van der Waals surface area contributed by atoms with Gasteiger partial charge in [-0.25, -0.2) is 4.39 Å². The van der Waals surface area contributed by atoms with Crippen LogP contribution in [0.3, 0.4) is 0 Å². The maximum Gasteiger partial charge on any atom is 0.257 e. The Hall–Kier alpha value is -3.41. The maximum atomic E-state index is 13.6. The van der Waals surface area contributed by atoms with Crippen molar-refractivity contribution in [1.82, 2.24) is 20.1 Å². The molecule has 136 valence electrons. The molecular formula is C21H19FN4O. The number of hydrogen-bond acceptors (Lipinski definition) is 2. The van der Waals surface area contributed by atoms with Crippen molar-refractivity contribution in [3.05, 3.63) is 77.9 Å². The van der Waals surface area contributed by atoms with Crippen molar-refractivity contribution in [2.45, 2.75) is 13.0 Å². The van der Waals surface area contributed by atoms with Crippen molar-refractivity contribution in [3.8, 4) is 11.3 Å². The van der Waals surface area contributed by atoms with E-state index in [0.717, 1.165) is 16.6 Å². The van der Waals surface area contributed by atoms with E-state index in [9.17, 15) is 9.18 Å². The first-order valence-corrected chi connectivity index (χ1v) is 8.68. The molecule has 0 aliphatic rings. The van der Waals surface area contributed by atoms with Crippen LogP contribution in [0.25, 0.3) is 22.2 Å². The number of aromatic amines is 2. The third-order valence-corrected chi connectivity index (χ3v) is 4.89. The Morgan fingerprint density at radius 1 is 1.15 bits per heavy atom. The minimum absolute atomic E-state index is 0.167. The van der Waals surface area contributed by atoms with Gasteiger partial charge in [-0.1, -0.05) is 30.3 Å². The average molecular weight is 362 g/mol. The van der Waals surface area contributed by atoms with Crippen LogP contribution in [0.1, 0.15) is 29.0 Å². The van der Waals surface area contributed by atoms with Crippen LogP contribution < -0.4 is 0 Å². The van der Waals surface area contributed by atoms with Crippen LogP contribution in [0, 0.1) is 5.82 Å². The lowest BCUT2D eigenvalue weighted by molar-refractivity contribution is 0.0741. The SMILES string of the molecule is C[C@H](c1cc2ccccc2[nH]1)N(C)C(=O)c1cn[nH]c1-c1cccc(F)c1. The predicted octanol–water partition coefficient (Wildman–Crippen LogP) is 4.53. The zero-order chi connectivity index (χ0) is 19.0. The maximum absolute atomic E-state index is 13.6. The van der Waals surface area contributed by atoms with Crippen LogP contribution in [0.5, 0.6) is 0 Å². The van der Waals surface area contributed by atoms with E-state index in [-0.39, 0.29) is 17.8 Å². The number of benzene rings is 2. The van der Waals surface area contributed by atoms with E-state index in [1.165, 1.54) is 18.3 Å².